The summed E-state index contributed by atoms with van der Waals surface area (Å²) in [6.45, 7) is 7.00. The first-order valence-electron chi connectivity index (χ1n) is 5.01. The molecule has 3 unspecified atom stereocenters. The summed E-state index contributed by atoms with van der Waals surface area (Å²) in [7, 11) is 0. The Hall–Kier alpha value is -0.330. The number of hydrogen-bond acceptors (Lipinski definition) is 1. The zero-order chi connectivity index (χ0) is 8.98. The number of carbonyl (C=O) groups is 1. The molecular formula is C11H18O. The SMILES string of the molecule is CC1CCC12C(CC=O)C2(C)C. The molecule has 0 N–H and O–H groups in total. The lowest BCUT2D eigenvalue weighted by atomic mass is 9.66. The Balaban J connectivity index is 2.14. The van der Waals surface area contributed by atoms with Gasteiger partial charge in [-0.3, -0.25) is 0 Å². The minimum atomic E-state index is 0.450. The van der Waals surface area contributed by atoms with E-state index in [9.17, 15) is 4.79 Å². The van der Waals surface area contributed by atoms with Crippen LogP contribution in [0.3, 0.4) is 0 Å². The van der Waals surface area contributed by atoms with Crippen LogP contribution in [0, 0.1) is 22.7 Å². The van der Waals surface area contributed by atoms with Crippen molar-refractivity contribution in [3.8, 4) is 0 Å². The first kappa shape index (κ1) is 8.28. The molecule has 2 saturated carbocycles. The largest absolute Gasteiger partial charge is 0.303 e. The van der Waals surface area contributed by atoms with Gasteiger partial charge in [-0.2, -0.15) is 0 Å². The van der Waals surface area contributed by atoms with Crippen molar-refractivity contribution in [2.75, 3.05) is 0 Å². The predicted molar refractivity (Wildman–Crippen MR) is 48.8 cm³/mol. The van der Waals surface area contributed by atoms with Crippen LogP contribution in [-0.4, -0.2) is 6.29 Å². The highest BCUT2D eigenvalue weighted by molar-refractivity contribution is 5.52. The normalized spacial score (nSPS) is 48.6. The van der Waals surface area contributed by atoms with Gasteiger partial charge >= 0.3 is 0 Å². The molecular weight excluding hydrogens is 148 g/mol. The highest BCUT2D eigenvalue weighted by Gasteiger charge is 2.74. The van der Waals surface area contributed by atoms with Crippen LogP contribution in [0.15, 0.2) is 0 Å². The van der Waals surface area contributed by atoms with Crippen LogP contribution in [0.5, 0.6) is 0 Å². The number of hydrogen-bond donors (Lipinski definition) is 0. The van der Waals surface area contributed by atoms with Crippen LogP contribution < -0.4 is 0 Å². The van der Waals surface area contributed by atoms with Gasteiger partial charge in [-0.1, -0.05) is 20.8 Å². The van der Waals surface area contributed by atoms with Gasteiger partial charge in [0.05, 0.1) is 0 Å². The Kier molecular flexibility index (Phi) is 1.47. The molecule has 12 heavy (non-hydrogen) atoms. The van der Waals surface area contributed by atoms with Gasteiger partial charge < -0.3 is 4.79 Å². The van der Waals surface area contributed by atoms with Gasteiger partial charge in [0.2, 0.25) is 0 Å². The van der Waals surface area contributed by atoms with E-state index in [0.717, 1.165) is 18.6 Å². The summed E-state index contributed by atoms with van der Waals surface area (Å²) < 4.78 is 0. The van der Waals surface area contributed by atoms with E-state index in [-0.39, 0.29) is 0 Å². The molecule has 0 amide bonds. The smallest absolute Gasteiger partial charge is 0.120 e. The zero-order valence-electron chi connectivity index (χ0n) is 8.26. The minimum absolute atomic E-state index is 0.450. The van der Waals surface area contributed by atoms with Crippen LogP contribution in [0.2, 0.25) is 0 Å². The van der Waals surface area contributed by atoms with E-state index >= 15 is 0 Å². The number of rotatable bonds is 2. The quantitative estimate of drug-likeness (QED) is 0.576. The Morgan fingerprint density at radius 3 is 2.42 bits per heavy atom. The second-order valence-electron chi connectivity index (χ2n) is 5.16. The molecule has 1 spiro atoms. The molecule has 3 atom stereocenters. The third-order valence-electron chi connectivity index (χ3n) is 4.81. The molecule has 0 aromatic carbocycles. The lowest BCUT2D eigenvalue weighted by Crippen LogP contribution is -2.30. The molecule has 1 nitrogen and oxygen atoms in total. The van der Waals surface area contributed by atoms with E-state index in [0.29, 0.717) is 16.7 Å². The number of carbonyl (C=O) groups excluding carboxylic acids is 1. The highest BCUT2D eigenvalue weighted by Crippen LogP contribution is 2.80. The van der Waals surface area contributed by atoms with Crippen molar-refractivity contribution in [3.63, 3.8) is 0 Å². The molecule has 2 aliphatic carbocycles. The average molecular weight is 166 g/mol. The molecule has 68 valence electrons. The van der Waals surface area contributed by atoms with Crippen molar-refractivity contribution in [3.05, 3.63) is 0 Å². The van der Waals surface area contributed by atoms with Crippen LogP contribution in [0.4, 0.5) is 0 Å². The van der Waals surface area contributed by atoms with Gasteiger partial charge in [-0.25, -0.2) is 0 Å². The van der Waals surface area contributed by atoms with E-state index in [1.807, 2.05) is 0 Å². The summed E-state index contributed by atoms with van der Waals surface area (Å²) in [5, 5.41) is 0. The molecule has 2 aliphatic rings. The van der Waals surface area contributed by atoms with Gasteiger partial charge in [-0.05, 0) is 35.5 Å². The molecule has 2 rings (SSSR count). The number of aldehydes is 1. The van der Waals surface area contributed by atoms with Crippen molar-refractivity contribution in [2.45, 2.75) is 40.0 Å². The van der Waals surface area contributed by atoms with Gasteiger partial charge in [0.1, 0.15) is 6.29 Å². The Morgan fingerprint density at radius 2 is 2.17 bits per heavy atom. The van der Waals surface area contributed by atoms with E-state index in [4.69, 9.17) is 0 Å². The average Bonchev–Trinajstić information content (AvgIpc) is 2.49. The topological polar surface area (TPSA) is 17.1 Å². The molecule has 0 heterocycles. The van der Waals surface area contributed by atoms with Crippen molar-refractivity contribution < 1.29 is 4.79 Å². The van der Waals surface area contributed by atoms with Gasteiger partial charge in [0.25, 0.3) is 0 Å². The van der Waals surface area contributed by atoms with E-state index in [2.05, 4.69) is 20.8 Å². The van der Waals surface area contributed by atoms with Crippen molar-refractivity contribution in [1.29, 1.82) is 0 Å². The Labute approximate surface area is 74.5 Å². The van der Waals surface area contributed by atoms with Crippen LogP contribution in [0.25, 0.3) is 0 Å². The summed E-state index contributed by atoms with van der Waals surface area (Å²) in [5.74, 6) is 1.55. The molecule has 0 aliphatic heterocycles. The summed E-state index contributed by atoms with van der Waals surface area (Å²) in [6, 6.07) is 0. The second-order valence-corrected chi connectivity index (χ2v) is 5.16. The molecule has 0 radical (unpaired) electrons. The maximum absolute atomic E-state index is 10.5. The third-order valence-corrected chi connectivity index (χ3v) is 4.81. The lowest BCUT2D eigenvalue weighted by molar-refractivity contribution is -0.108. The summed E-state index contributed by atoms with van der Waals surface area (Å²) in [5.41, 5.74) is 1.01. The van der Waals surface area contributed by atoms with E-state index in [1.165, 1.54) is 12.8 Å². The molecule has 1 heteroatoms. The molecule has 0 saturated heterocycles. The highest BCUT2D eigenvalue weighted by atomic mass is 16.1. The monoisotopic (exact) mass is 166 g/mol. The second kappa shape index (κ2) is 2.12. The van der Waals surface area contributed by atoms with Crippen molar-refractivity contribution >= 4 is 6.29 Å². The maximum atomic E-state index is 10.5. The first-order chi connectivity index (χ1) is 5.57. The van der Waals surface area contributed by atoms with E-state index < -0.39 is 0 Å². The fourth-order valence-electron chi connectivity index (χ4n) is 3.82. The third kappa shape index (κ3) is 0.641. The summed E-state index contributed by atoms with van der Waals surface area (Å²) >= 11 is 0. The Bertz CT molecular complexity index is 219. The minimum Gasteiger partial charge on any atom is -0.303 e. The Morgan fingerprint density at radius 1 is 1.50 bits per heavy atom. The van der Waals surface area contributed by atoms with Crippen molar-refractivity contribution in [2.24, 2.45) is 22.7 Å². The first-order valence-corrected chi connectivity index (χ1v) is 5.01. The molecule has 2 fully saturated rings. The predicted octanol–water partition coefficient (Wildman–Crippen LogP) is 2.65. The van der Waals surface area contributed by atoms with E-state index in [1.54, 1.807) is 0 Å². The molecule has 0 aromatic rings. The molecule has 0 aromatic heterocycles. The summed E-state index contributed by atoms with van der Waals surface area (Å²) in [4.78, 5) is 10.5. The van der Waals surface area contributed by atoms with Crippen LogP contribution >= 0.6 is 0 Å². The van der Waals surface area contributed by atoms with Crippen molar-refractivity contribution in [1.82, 2.24) is 0 Å². The fourth-order valence-corrected chi connectivity index (χ4v) is 3.82. The standard InChI is InChI=1S/C11H18O/c1-8-4-6-11(8)9(5-7-12)10(11,2)3/h7-9H,4-6H2,1-3H3. The zero-order valence-corrected chi connectivity index (χ0v) is 8.26. The van der Waals surface area contributed by atoms with Gasteiger partial charge in [0.15, 0.2) is 0 Å². The van der Waals surface area contributed by atoms with Crippen LogP contribution in [-0.2, 0) is 4.79 Å². The van der Waals surface area contributed by atoms with Gasteiger partial charge in [-0.15, -0.1) is 0 Å². The molecule has 0 bridgehead atoms. The lowest BCUT2D eigenvalue weighted by Gasteiger charge is -2.38. The summed E-state index contributed by atoms with van der Waals surface area (Å²) in [6.07, 6.45) is 4.63. The fraction of sp³-hybridized carbons (Fsp3) is 0.909. The van der Waals surface area contributed by atoms with Gasteiger partial charge in [0, 0.05) is 6.42 Å². The maximum Gasteiger partial charge on any atom is 0.120 e. The van der Waals surface area contributed by atoms with Crippen LogP contribution in [0.1, 0.15) is 40.0 Å².